The van der Waals surface area contributed by atoms with E-state index >= 15 is 0 Å². The number of carbonyl (C=O) groups is 1. The maximum Gasteiger partial charge on any atom is 0.248 e. The van der Waals surface area contributed by atoms with Crippen molar-refractivity contribution in [1.82, 2.24) is 0 Å². The minimum absolute atomic E-state index is 0.0136. The molecule has 0 bridgehead atoms. The van der Waals surface area contributed by atoms with Crippen molar-refractivity contribution in [3.63, 3.8) is 0 Å². The Bertz CT molecular complexity index is 1300. The molecule has 7 nitrogen and oxygen atoms in total. The summed E-state index contributed by atoms with van der Waals surface area (Å²) in [4.78, 5) is 12.6. The fraction of sp³-hybridized carbons (Fsp3) is 0.292. The highest BCUT2D eigenvalue weighted by molar-refractivity contribution is 7.89. The third kappa shape index (κ3) is 4.56. The van der Waals surface area contributed by atoms with Crippen molar-refractivity contribution in [3.8, 4) is 5.75 Å². The number of primary sulfonamides is 1. The summed E-state index contributed by atoms with van der Waals surface area (Å²) >= 11 is 0. The van der Waals surface area contributed by atoms with Crippen molar-refractivity contribution < 1.29 is 22.4 Å². The van der Waals surface area contributed by atoms with E-state index in [2.05, 4.69) is 5.32 Å². The zero-order chi connectivity index (χ0) is 22.9. The molecule has 0 spiro atoms. The van der Waals surface area contributed by atoms with Crippen LogP contribution in [0, 0.1) is 0 Å². The number of rotatable bonds is 6. The fourth-order valence-electron chi connectivity index (χ4n) is 4.05. The number of furan rings is 1. The van der Waals surface area contributed by atoms with Gasteiger partial charge in [-0.2, -0.15) is 0 Å². The smallest absolute Gasteiger partial charge is 0.248 e. The number of anilines is 1. The summed E-state index contributed by atoms with van der Waals surface area (Å²) in [5.41, 5.74) is 4.13. The van der Waals surface area contributed by atoms with Crippen LogP contribution in [-0.2, 0) is 27.7 Å². The van der Waals surface area contributed by atoms with Crippen LogP contribution in [0.4, 0.5) is 5.69 Å². The van der Waals surface area contributed by atoms with Crippen LogP contribution < -0.4 is 15.2 Å². The molecule has 1 heterocycles. The highest BCUT2D eigenvalue weighted by Crippen LogP contribution is 2.38. The van der Waals surface area contributed by atoms with E-state index in [1.165, 1.54) is 35.9 Å². The Morgan fingerprint density at radius 3 is 2.59 bits per heavy atom. The minimum atomic E-state index is -3.78. The Kier molecular flexibility index (Phi) is 6.08. The Labute approximate surface area is 187 Å². The molecular weight excluding hydrogens is 428 g/mol. The van der Waals surface area contributed by atoms with E-state index in [-0.39, 0.29) is 10.8 Å². The maximum atomic E-state index is 12.6. The number of allylic oxidation sites excluding steroid dienone is 1. The lowest BCUT2D eigenvalue weighted by molar-refractivity contribution is -0.111. The molecule has 0 aliphatic heterocycles. The number of benzene rings is 2. The normalized spacial score (nSPS) is 14.3. The van der Waals surface area contributed by atoms with Gasteiger partial charge >= 0.3 is 0 Å². The first kappa shape index (κ1) is 22.1. The average molecular weight is 455 g/mol. The molecule has 0 atom stereocenters. The van der Waals surface area contributed by atoms with Gasteiger partial charge in [-0.25, -0.2) is 13.6 Å². The van der Waals surface area contributed by atoms with Gasteiger partial charge in [0.2, 0.25) is 15.9 Å². The first-order valence-corrected chi connectivity index (χ1v) is 12.1. The summed E-state index contributed by atoms with van der Waals surface area (Å²) in [6.07, 6.45) is 5.73. The van der Waals surface area contributed by atoms with Gasteiger partial charge in [0.15, 0.2) is 0 Å². The molecule has 8 heteroatoms. The molecule has 0 radical (unpaired) electrons. The second-order valence-corrected chi connectivity index (χ2v) is 9.44. The number of ether oxygens (including phenoxy) is 1. The van der Waals surface area contributed by atoms with E-state index in [9.17, 15) is 13.2 Å². The van der Waals surface area contributed by atoms with Crippen LogP contribution in [0.3, 0.4) is 0 Å². The van der Waals surface area contributed by atoms with Crippen LogP contribution >= 0.6 is 0 Å². The van der Waals surface area contributed by atoms with E-state index in [0.717, 1.165) is 53.5 Å². The number of hydrogen-bond donors (Lipinski definition) is 2. The summed E-state index contributed by atoms with van der Waals surface area (Å²) in [6, 6.07) is 9.66. The molecule has 1 aromatic heterocycles. The van der Waals surface area contributed by atoms with Gasteiger partial charge in [-0.15, -0.1) is 0 Å². The standard InChI is InChI=1S/C24H26N2O5S/c1-3-30-22-14-23-20(18-6-4-5-7-21(18)31-23)13-19(22)15(2)12-24(27)26-16-8-10-17(11-9-16)32(25,28)29/h8-14H,3-7H2,1-2H3,(H,26,27)(H2,25,28,29)/b15-12+. The average Bonchev–Trinajstić information content (AvgIpc) is 3.10. The second-order valence-electron chi connectivity index (χ2n) is 7.87. The molecular formula is C24H26N2O5S. The third-order valence-electron chi connectivity index (χ3n) is 5.58. The number of sulfonamides is 1. The topological polar surface area (TPSA) is 112 Å². The Morgan fingerprint density at radius 2 is 1.91 bits per heavy atom. The molecule has 1 aliphatic carbocycles. The minimum Gasteiger partial charge on any atom is -0.493 e. The lowest BCUT2D eigenvalue weighted by Crippen LogP contribution is -2.12. The van der Waals surface area contributed by atoms with Crippen LogP contribution in [0.2, 0.25) is 0 Å². The molecule has 32 heavy (non-hydrogen) atoms. The van der Waals surface area contributed by atoms with Crippen molar-refractivity contribution in [2.75, 3.05) is 11.9 Å². The molecule has 3 N–H and O–H groups in total. The molecule has 2 aromatic carbocycles. The number of nitrogens with two attached hydrogens (primary N) is 1. The van der Waals surface area contributed by atoms with Gasteiger partial charge in [-0.05, 0) is 69.0 Å². The number of hydrogen-bond acceptors (Lipinski definition) is 5. The van der Waals surface area contributed by atoms with E-state index in [0.29, 0.717) is 18.0 Å². The van der Waals surface area contributed by atoms with Crippen LogP contribution in [0.25, 0.3) is 16.5 Å². The van der Waals surface area contributed by atoms with Gasteiger partial charge in [0.1, 0.15) is 17.1 Å². The Hall–Kier alpha value is -3.10. The highest BCUT2D eigenvalue weighted by atomic mass is 32.2. The van der Waals surface area contributed by atoms with E-state index in [1.807, 2.05) is 26.0 Å². The zero-order valence-electron chi connectivity index (χ0n) is 18.1. The first-order valence-electron chi connectivity index (χ1n) is 10.6. The summed E-state index contributed by atoms with van der Waals surface area (Å²) in [6.45, 7) is 4.27. The van der Waals surface area contributed by atoms with Crippen LogP contribution in [0.1, 0.15) is 43.6 Å². The fourth-order valence-corrected chi connectivity index (χ4v) is 4.57. The Morgan fingerprint density at radius 1 is 1.19 bits per heavy atom. The van der Waals surface area contributed by atoms with Gasteiger partial charge in [0.25, 0.3) is 0 Å². The molecule has 0 unspecified atom stereocenters. The van der Waals surface area contributed by atoms with Crippen LogP contribution in [0.5, 0.6) is 5.75 Å². The van der Waals surface area contributed by atoms with Crippen molar-refractivity contribution in [1.29, 1.82) is 0 Å². The number of fused-ring (bicyclic) bond motifs is 3. The molecule has 1 amide bonds. The van der Waals surface area contributed by atoms with Gasteiger partial charge in [-0.1, -0.05) is 0 Å². The highest BCUT2D eigenvalue weighted by Gasteiger charge is 2.20. The number of aryl methyl sites for hydroxylation is 2. The summed E-state index contributed by atoms with van der Waals surface area (Å²) in [7, 11) is -3.78. The predicted molar refractivity (Wildman–Crippen MR) is 124 cm³/mol. The zero-order valence-corrected chi connectivity index (χ0v) is 18.9. The molecule has 0 fully saturated rings. The van der Waals surface area contributed by atoms with Crippen molar-refractivity contribution >= 4 is 38.2 Å². The number of carbonyl (C=O) groups excluding carboxylic acids is 1. The van der Waals surface area contributed by atoms with Crippen molar-refractivity contribution in [2.45, 2.75) is 44.4 Å². The van der Waals surface area contributed by atoms with Crippen molar-refractivity contribution in [2.24, 2.45) is 5.14 Å². The van der Waals surface area contributed by atoms with Gasteiger partial charge < -0.3 is 14.5 Å². The molecule has 0 saturated heterocycles. The Balaban J connectivity index is 1.63. The van der Waals surface area contributed by atoms with Crippen LogP contribution in [-0.4, -0.2) is 20.9 Å². The van der Waals surface area contributed by atoms with Gasteiger partial charge in [0, 0.05) is 40.8 Å². The van der Waals surface area contributed by atoms with E-state index < -0.39 is 10.0 Å². The van der Waals surface area contributed by atoms with E-state index in [1.54, 1.807) is 0 Å². The van der Waals surface area contributed by atoms with E-state index in [4.69, 9.17) is 14.3 Å². The predicted octanol–water partition coefficient (Wildman–Crippen LogP) is 4.40. The van der Waals surface area contributed by atoms with Crippen LogP contribution in [0.15, 0.2) is 51.8 Å². The lowest BCUT2D eigenvalue weighted by Gasteiger charge is -2.12. The van der Waals surface area contributed by atoms with Crippen molar-refractivity contribution in [3.05, 3.63) is 59.4 Å². The molecule has 4 rings (SSSR count). The maximum absolute atomic E-state index is 12.6. The largest absolute Gasteiger partial charge is 0.493 e. The molecule has 1 aliphatic rings. The second kappa shape index (κ2) is 8.80. The first-order chi connectivity index (χ1) is 15.3. The summed E-state index contributed by atoms with van der Waals surface area (Å²) in [5.74, 6) is 1.39. The quantitative estimate of drug-likeness (QED) is 0.536. The molecule has 168 valence electrons. The summed E-state index contributed by atoms with van der Waals surface area (Å²) in [5, 5.41) is 8.93. The third-order valence-corrected chi connectivity index (χ3v) is 6.51. The monoisotopic (exact) mass is 454 g/mol. The number of amides is 1. The summed E-state index contributed by atoms with van der Waals surface area (Å²) < 4.78 is 34.7. The molecule has 0 saturated carbocycles. The lowest BCUT2D eigenvalue weighted by atomic mass is 9.94. The molecule has 3 aromatic rings. The number of nitrogens with one attached hydrogen (secondary N) is 1. The SMILES string of the molecule is CCOc1cc2oc3c(c2cc1/C(C)=C/C(=O)Nc1ccc(S(N)(=O)=O)cc1)CCCC3. The van der Waals surface area contributed by atoms with Gasteiger partial charge in [0.05, 0.1) is 11.5 Å². The van der Waals surface area contributed by atoms with Gasteiger partial charge in [-0.3, -0.25) is 4.79 Å².